The predicted molar refractivity (Wildman–Crippen MR) is 55.1 cm³/mol. The van der Waals surface area contributed by atoms with Crippen molar-refractivity contribution in [3.63, 3.8) is 0 Å². The lowest BCUT2D eigenvalue weighted by atomic mass is 10.2. The Balaban J connectivity index is 2.95. The third-order valence-electron chi connectivity index (χ3n) is 2.14. The zero-order valence-corrected chi connectivity index (χ0v) is 9.96. The van der Waals surface area contributed by atoms with Crippen molar-refractivity contribution in [1.82, 2.24) is 14.6 Å². The van der Waals surface area contributed by atoms with Crippen LogP contribution in [0.1, 0.15) is 17.0 Å². The van der Waals surface area contributed by atoms with Crippen LogP contribution >= 0.6 is 15.9 Å². The van der Waals surface area contributed by atoms with Crippen LogP contribution in [0.3, 0.4) is 0 Å². The maximum Gasteiger partial charge on any atom is 0.434 e. The van der Waals surface area contributed by atoms with Crippen molar-refractivity contribution < 1.29 is 13.2 Å². The summed E-state index contributed by atoms with van der Waals surface area (Å²) in [4.78, 5) is 3.78. The number of nitriles is 1. The summed E-state index contributed by atoms with van der Waals surface area (Å²) in [5.41, 5.74) is -1.26. The first-order valence-electron chi connectivity index (χ1n) is 4.37. The maximum atomic E-state index is 12.9. The van der Waals surface area contributed by atoms with E-state index in [1.165, 1.54) is 6.07 Å². The molecule has 2 rings (SSSR count). The van der Waals surface area contributed by atoms with Crippen LogP contribution in [-0.2, 0) is 6.18 Å². The third kappa shape index (κ3) is 1.76. The summed E-state index contributed by atoms with van der Waals surface area (Å²) in [6, 6.07) is 1.46. The first-order valence-corrected chi connectivity index (χ1v) is 5.16. The van der Waals surface area contributed by atoms with Crippen LogP contribution in [-0.4, -0.2) is 14.6 Å². The number of hydrogen-bond acceptors (Lipinski definition) is 3. The van der Waals surface area contributed by atoms with E-state index in [1.54, 1.807) is 6.92 Å². The molecule has 88 valence electrons. The van der Waals surface area contributed by atoms with E-state index in [1.807, 2.05) is 0 Å². The largest absolute Gasteiger partial charge is 0.434 e. The molecule has 0 bridgehead atoms. The molecule has 0 amide bonds. The van der Waals surface area contributed by atoms with Crippen LogP contribution in [0.5, 0.6) is 0 Å². The summed E-state index contributed by atoms with van der Waals surface area (Å²) in [6.07, 6.45) is -3.77. The summed E-state index contributed by atoms with van der Waals surface area (Å²) in [7, 11) is 0. The van der Waals surface area contributed by atoms with Gasteiger partial charge in [0.2, 0.25) is 0 Å². The van der Waals surface area contributed by atoms with Crippen LogP contribution < -0.4 is 0 Å². The number of rotatable bonds is 0. The van der Waals surface area contributed by atoms with E-state index in [-0.39, 0.29) is 5.65 Å². The molecule has 0 spiro atoms. The first-order chi connectivity index (χ1) is 7.86. The van der Waals surface area contributed by atoms with Gasteiger partial charge in [-0.15, -0.1) is 0 Å². The fourth-order valence-corrected chi connectivity index (χ4v) is 1.77. The number of aromatic nitrogens is 3. The molecule has 0 aliphatic rings. The van der Waals surface area contributed by atoms with Gasteiger partial charge in [0.05, 0.1) is 10.2 Å². The Morgan fingerprint density at radius 2 is 2.12 bits per heavy atom. The van der Waals surface area contributed by atoms with E-state index < -0.39 is 17.4 Å². The van der Waals surface area contributed by atoms with Gasteiger partial charge in [-0.05, 0) is 22.9 Å². The summed E-state index contributed by atoms with van der Waals surface area (Å²) >= 11 is 3.10. The number of aryl methyl sites for hydroxylation is 1. The summed E-state index contributed by atoms with van der Waals surface area (Å²) in [5.74, 6) is 0. The zero-order chi connectivity index (χ0) is 12.8. The molecule has 0 saturated carbocycles. The molecule has 0 aliphatic carbocycles. The average molecular weight is 305 g/mol. The van der Waals surface area contributed by atoms with E-state index in [2.05, 4.69) is 26.0 Å². The van der Waals surface area contributed by atoms with Gasteiger partial charge in [0, 0.05) is 6.20 Å². The molecule has 2 aromatic heterocycles. The van der Waals surface area contributed by atoms with Crippen LogP contribution in [0.15, 0.2) is 10.7 Å². The van der Waals surface area contributed by atoms with Gasteiger partial charge in [0.15, 0.2) is 11.3 Å². The fourth-order valence-electron chi connectivity index (χ4n) is 1.42. The zero-order valence-electron chi connectivity index (χ0n) is 8.38. The number of hydrogen-bond donors (Lipinski definition) is 0. The van der Waals surface area contributed by atoms with Gasteiger partial charge in [-0.25, -0.2) is 9.50 Å². The van der Waals surface area contributed by atoms with Gasteiger partial charge in [-0.3, -0.25) is 0 Å². The minimum absolute atomic E-state index is 0.0359. The van der Waals surface area contributed by atoms with Crippen LogP contribution in [0.25, 0.3) is 5.65 Å². The van der Waals surface area contributed by atoms with Crippen molar-refractivity contribution in [3.05, 3.63) is 27.6 Å². The second-order valence-electron chi connectivity index (χ2n) is 3.26. The molecular formula is C9H4BrF3N4. The highest BCUT2D eigenvalue weighted by molar-refractivity contribution is 9.10. The Morgan fingerprint density at radius 1 is 1.47 bits per heavy atom. The SMILES string of the molecule is Cc1nn2c(C(F)(F)F)c(C#N)cnc2c1Br. The van der Waals surface area contributed by atoms with Crippen LogP contribution in [0.2, 0.25) is 0 Å². The second-order valence-corrected chi connectivity index (χ2v) is 4.06. The van der Waals surface area contributed by atoms with Crippen molar-refractivity contribution in [1.29, 1.82) is 5.26 Å². The normalized spacial score (nSPS) is 11.8. The monoisotopic (exact) mass is 304 g/mol. The Morgan fingerprint density at radius 3 is 2.65 bits per heavy atom. The number of fused-ring (bicyclic) bond motifs is 1. The third-order valence-corrected chi connectivity index (χ3v) is 3.06. The molecule has 0 saturated heterocycles. The van der Waals surface area contributed by atoms with Crippen molar-refractivity contribution >= 4 is 21.6 Å². The van der Waals surface area contributed by atoms with Crippen LogP contribution in [0.4, 0.5) is 13.2 Å². The molecule has 8 heteroatoms. The van der Waals surface area contributed by atoms with E-state index in [4.69, 9.17) is 5.26 Å². The van der Waals surface area contributed by atoms with E-state index in [9.17, 15) is 13.2 Å². The van der Waals surface area contributed by atoms with Gasteiger partial charge in [0.1, 0.15) is 11.6 Å². The van der Waals surface area contributed by atoms with Crippen molar-refractivity contribution in [2.24, 2.45) is 0 Å². The lowest BCUT2D eigenvalue weighted by Crippen LogP contribution is -2.15. The highest BCUT2D eigenvalue weighted by Gasteiger charge is 2.38. The molecule has 0 unspecified atom stereocenters. The quantitative estimate of drug-likeness (QED) is 0.752. The second kappa shape index (κ2) is 3.70. The Bertz CT molecular complexity index is 638. The fraction of sp³-hybridized carbons (Fsp3) is 0.222. The first kappa shape index (κ1) is 11.9. The Hall–Kier alpha value is -1.62. The molecule has 2 heterocycles. The van der Waals surface area contributed by atoms with E-state index >= 15 is 0 Å². The smallest absolute Gasteiger partial charge is 0.235 e. The number of halogens is 4. The Kier molecular flexibility index (Phi) is 2.58. The highest BCUT2D eigenvalue weighted by Crippen LogP contribution is 2.33. The van der Waals surface area contributed by atoms with Crippen molar-refractivity contribution in [2.75, 3.05) is 0 Å². The minimum Gasteiger partial charge on any atom is -0.235 e. The van der Waals surface area contributed by atoms with Gasteiger partial charge in [-0.1, -0.05) is 0 Å². The molecule has 0 atom stereocenters. The highest BCUT2D eigenvalue weighted by atomic mass is 79.9. The van der Waals surface area contributed by atoms with Gasteiger partial charge >= 0.3 is 6.18 Å². The minimum atomic E-state index is -4.66. The lowest BCUT2D eigenvalue weighted by molar-refractivity contribution is -0.142. The molecule has 4 nitrogen and oxygen atoms in total. The molecule has 17 heavy (non-hydrogen) atoms. The molecule has 0 N–H and O–H groups in total. The molecule has 0 fully saturated rings. The Labute approximate surface area is 102 Å². The standard InChI is InChI=1S/C9H4BrF3N4/c1-4-6(10)8-15-3-5(2-14)7(9(11,12)13)17(8)16-4/h3H,1H3. The summed E-state index contributed by atoms with van der Waals surface area (Å²) in [5, 5.41) is 12.4. The van der Waals surface area contributed by atoms with Crippen molar-refractivity contribution in [3.8, 4) is 6.07 Å². The van der Waals surface area contributed by atoms with Gasteiger partial charge in [-0.2, -0.15) is 23.5 Å². The van der Waals surface area contributed by atoms with Crippen molar-refractivity contribution in [2.45, 2.75) is 13.1 Å². The molecule has 0 aromatic carbocycles. The summed E-state index contributed by atoms with van der Waals surface area (Å²) < 4.78 is 39.6. The predicted octanol–water partition coefficient (Wildman–Crippen LogP) is 2.69. The van der Waals surface area contributed by atoms with Gasteiger partial charge in [0.25, 0.3) is 0 Å². The van der Waals surface area contributed by atoms with E-state index in [0.29, 0.717) is 14.7 Å². The number of alkyl halides is 3. The average Bonchev–Trinajstić information content (AvgIpc) is 2.52. The summed E-state index contributed by atoms with van der Waals surface area (Å²) in [6.45, 7) is 1.55. The van der Waals surface area contributed by atoms with E-state index in [0.717, 1.165) is 6.20 Å². The topological polar surface area (TPSA) is 54.0 Å². The molecule has 0 radical (unpaired) electrons. The molecule has 0 aliphatic heterocycles. The molecular weight excluding hydrogens is 301 g/mol. The lowest BCUT2D eigenvalue weighted by Gasteiger charge is -2.09. The number of nitrogens with zero attached hydrogens (tertiary/aromatic N) is 4. The molecule has 2 aromatic rings. The van der Waals surface area contributed by atoms with Crippen LogP contribution in [0, 0.1) is 18.3 Å². The maximum absolute atomic E-state index is 12.9. The van der Waals surface area contributed by atoms with Gasteiger partial charge < -0.3 is 0 Å².